The average molecular weight is 316 g/mol. The Hall–Kier alpha value is -0.250. The molecule has 0 bridgehead atoms. The Morgan fingerprint density at radius 1 is 1.33 bits per heavy atom. The Morgan fingerprint density at radius 2 is 2.07 bits per heavy atom. The van der Waals surface area contributed by atoms with Crippen molar-refractivity contribution in [3.8, 4) is 5.75 Å². The van der Waals surface area contributed by atoms with Crippen molar-refractivity contribution < 1.29 is 4.74 Å². The second-order valence-corrected chi connectivity index (χ2v) is 6.48. The van der Waals surface area contributed by atoms with Crippen LogP contribution in [0.1, 0.15) is 38.7 Å². The molecule has 15 heavy (non-hydrogen) atoms. The zero-order valence-corrected chi connectivity index (χ0v) is 11.7. The van der Waals surface area contributed by atoms with E-state index in [1.165, 1.54) is 9.13 Å². The highest BCUT2D eigenvalue weighted by Crippen LogP contribution is 2.44. The molecule has 0 amide bonds. The molecular formula is C13H17IO. The molecule has 2 heteroatoms. The monoisotopic (exact) mass is 316 g/mol. The van der Waals surface area contributed by atoms with E-state index in [9.17, 15) is 0 Å². The van der Waals surface area contributed by atoms with Crippen LogP contribution in [-0.2, 0) is 0 Å². The van der Waals surface area contributed by atoms with Gasteiger partial charge in [-0.3, -0.25) is 0 Å². The van der Waals surface area contributed by atoms with E-state index in [1.54, 1.807) is 0 Å². The second kappa shape index (κ2) is 3.96. The maximum atomic E-state index is 5.70. The first kappa shape index (κ1) is 11.2. The molecule has 1 unspecified atom stereocenters. The van der Waals surface area contributed by atoms with Crippen LogP contribution < -0.4 is 4.74 Å². The maximum absolute atomic E-state index is 5.70. The largest absolute Gasteiger partial charge is 0.493 e. The highest BCUT2D eigenvalue weighted by atomic mass is 127. The molecule has 1 atom stereocenters. The molecule has 0 aliphatic carbocycles. The molecule has 82 valence electrons. The molecule has 0 saturated heterocycles. The lowest BCUT2D eigenvalue weighted by molar-refractivity contribution is 0.204. The minimum atomic E-state index is 0.322. The number of hydrogen-bond acceptors (Lipinski definition) is 1. The summed E-state index contributed by atoms with van der Waals surface area (Å²) in [5, 5.41) is 0. The molecule has 0 saturated carbocycles. The van der Waals surface area contributed by atoms with Gasteiger partial charge in [-0.2, -0.15) is 0 Å². The number of rotatable bonds is 0. The van der Waals surface area contributed by atoms with E-state index < -0.39 is 0 Å². The molecule has 0 spiro atoms. The zero-order valence-electron chi connectivity index (χ0n) is 9.51. The predicted molar refractivity (Wildman–Crippen MR) is 71.5 cm³/mol. The molecule has 0 fully saturated rings. The van der Waals surface area contributed by atoms with E-state index in [-0.39, 0.29) is 0 Å². The molecule has 1 aromatic carbocycles. The van der Waals surface area contributed by atoms with Crippen molar-refractivity contribution in [1.29, 1.82) is 0 Å². The second-order valence-electron chi connectivity index (χ2n) is 5.24. The first-order chi connectivity index (χ1) is 6.98. The number of ether oxygens (including phenoxy) is 1. The van der Waals surface area contributed by atoms with Crippen LogP contribution in [0.4, 0.5) is 0 Å². The quantitative estimate of drug-likeness (QED) is 0.652. The number of hydrogen-bond donors (Lipinski definition) is 0. The third-order valence-electron chi connectivity index (χ3n) is 3.06. The summed E-state index contributed by atoms with van der Waals surface area (Å²) in [7, 11) is 0. The molecule has 0 radical (unpaired) electrons. The summed E-state index contributed by atoms with van der Waals surface area (Å²) in [6.07, 6.45) is 1.14. The van der Waals surface area contributed by atoms with Crippen LogP contribution in [0.2, 0.25) is 0 Å². The summed E-state index contributed by atoms with van der Waals surface area (Å²) >= 11 is 2.37. The van der Waals surface area contributed by atoms with Crippen molar-refractivity contribution in [2.75, 3.05) is 6.61 Å². The molecule has 1 heterocycles. The van der Waals surface area contributed by atoms with E-state index in [0.29, 0.717) is 11.3 Å². The van der Waals surface area contributed by atoms with Gasteiger partial charge in [0.1, 0.15) is 5.75 Å². The van der Waals surface area contributed by atoms with E-state index >= 15 is 0 Å². The standard InChI is InChI=1S/C13H17IO/c1-13(2,3)11-6-7-15-12-5-4-9(14)8-10(11)12/h4-5,8,11H,6-7H2,1-3H3. The summed E-state index contributed by atoms with van der Waals surface area (Å²) in [6, 6.07) is 6.49. The molecule has 2 rings (SSSR count). The van der Waals surface area contributed by atoms with Gasteiger partial charge in [-0.15, -0.1) is 0 Å². The molecule has 1 nitrogen and oxygen atoms in total. The lowest BCUT2D eigenvalue weighted by Crippen LogP contribution is -2.25. The van der Waals surface area contributed by atoms with Crippen molar-refractivity contribution in [3.63, 3.8) is 0 Å². The molecule has 0 aromatic heterocycles. The summed E-state index contributed by atoms with van der Waals surface area (Å²) in [5.41, 5.74) is 1.71. The third kappa shape index (κ3) is 2.30. The van der Waals surface area contributed by atoms with Gasteiger partial charge in [0.25, 0.3) is 0 Å². The van der Waals surface area contributed by atoms with Crippen LogP contribution in [0.25, 0.3) is 0 Å². The van der Waals surface area contributed by atoms with E-state index in [0.717, 1.165) is 18.8 Å². The molecule has 1 aliphatic heterocycles. The van der Waals surface area contributed by atoms with Crippen LogP contribution in [0, 0.1) is 8.99 Å². The Morgan fingerprint density at radius 3 is 2.73 bits per heavy atom. The minimum absolute atomic E-state index is 0.322. The van der Waals surface area contributed by atoms with E-state index in [4.69, 9.17) is 4.74 Å². The Kier molecular flexibility index (Phi) is 2.97. The average Bonchev–Trinajstić information content (AvgIpc) is 2.15. The Balaban J connectivity index is 2.45. The van der Waals surface area contributed by atoms with Crippen molar-refractivity contribution in [3.05, 3.63) is 27.3 Å². The lowest BCUT2D eigenvalue weighted by Gasteiger charge is -2.35. The SMILES string of the molecule is CC(C)(C)C1CCOc2ccc(I)cc21. The number of benzene rings is 1. The van der Waals surface area contributed by atoms with Crippen molar-refractivity contribution in [2.45, 2.75) is 33.1 Å². The van der Waals surface area contributed by atoms with Crippen LogP contribution in [0.5, 0.6) is 5.75 Å². The summed E-state index contributed by atoms with van der Waals surface area (Å²) in [4.78, 5) is 0. The number of halogens is 1. The Bertz CT molecular complexity index is 365. The van der Waals surface area contributed by atoms with Crippen LogP contribution in [0.3, 0.4) is 0 Å². The van der Waals surface area contributed by atoms with Gasteiger partial charge < -0.3 is 4.74 Å². The third-order valence-corrected chi connectivity index (χ3v) is 3.73. The normalized spacial score (nSPS) is 20.7. The van der Waals surface area contributed by atoms with Gasteiger partial charge in [0, 0.05) is 3.57 Å². The van der Waals surface area contributed by atoms with Crippen LogP contribution in [-0.4, -0.2) is 6.61 Å². The van der Waals surface area contributed by atoms with Crippen molar-refractivity contribution in [2.24, 2.45) is 5.41 Å². The van der Waals surface area contributed by atoms with Gasteiger partial charge in [-0.25, -0.2) is 0 Å². The summed E-state index contributed by atoms with van der Waals surface area (Å²) < 4.78 is 7.00. The van der Waals surface area contributed by atoms with Gasteiger partial charge in [0.15, 0.2) is 0 Å². The van der Waals surface area contributed by atoms with Crippen molar-refractivity contribution >= 4 is 22.6 Å². The lowest BCUT2D eigenvalue weighted by atomic mass is 9.74. The van der Waals surface area contributed by atoms with Crippen molar-refractivity contribution in [1.82, 2.24) is 0 Å². The summed E-state index contributed by atoms with van der Waals surface area (Å²) in [6.45, 7) is 7.79. The first-order valence-corrected chi connectivity index (χ1v) is 6.48. The van der Waals surface area contributed by atoms with Crippen LogP contribution in [0.15, 0.2) is 18.2 Å². The van der Waals surface area contributed by atoms with Crippen LogP contribution >= 0.6 is 22.6 Å². The highest BCUT2D eigenvalue weighted by molar-refractivity contribution is 14.1. The predicted octanol–water partition coefficient (Wildman–Crippen LogP) is 4.20. The maximum Gasteiger partial charge on any atom is 0.122 e. The van der Waals surface area contributed by atoms with Gasteiger partial charge >= 0.3 is 0 Å². The van der Waals surface area contributed by atoms with Gasteiger partial charge in [-0.05, 0) is 64.1 Å². The summed E-state index contributed by atoms with van der Waals surface area (Å²) in [5.74, 6) is 1.71. The van der Waals surface area contributed by atoms with Gasteiger partial charge in [0.2, 0.25) is 0 Å². The molecule has 1 aromatic rings. The minimum Gasteiger partial charge on any atom is -0.493 e. The number of fused-ring (bicyclic) bond motifs is 1. The fraction of sp³-hybridized carbons (Fsp3) is 0.538. The zero-order chi connectivity index (χ0) is 11.1. The smallest absolute Gasteiger partial charge is 0.122 e. The van der Waals surface area contributed by atoms with E-state index in [2.05, 4.69) is 61.6 Å². The fourth-order valence-corrected chi connectivity index (χ4v) is 2.78. The highest BCUT2D eigenvalue weighted by Gasteiger charge is 2.31. The van der Waals surface area contributed by atoms with Gasteiger partial charge in [-0.1, -0.05) is 20.8 Å². The Labute approximate surface area is 105 Å². The fourth-order valence-electron chi connectivity index (χ4n) is 2.26. The molecular weight excluding hydrogens is 299 g/mol. The first-order valence-electron chi connectivity index (χ1n) is 5.41. The van der Waals surface area contributed by atoms with E-state index in [1.807, 2.05) is 0 Å². The topological polar surface area (TPSA) is 9.23 Å². The van der Waals surface area contributed by atoms with Gasteiger partial charge in [0.05, 0.1) is 6.61 Å². The molecule has 1 aliphatic rings. The molecule has 0 N–H and O–H groups in total.